The summed E-state index contributed by atoms with van der Waals surface area (Å²) in [5, 5.41) is 3.03. The molecule has 4 rings (SSSR count). The maximum absolute atomic E-state index is 13.3. The number of methoxy groups -OCH3 is 1. The highest BCUT2D eigenvalue weighted by Gasteiger charge is 2.85. The molecule has 7 heteroatoms. The predicted molar refractivity (Wildman–Crippen MR) is 110 cm³/mol. The number of fused-ring (bicyclic) bond motifs is 2. The van der Waals surface area contributed by atoms with Gasteiger partial charge in [0, 0.05) is 24.1 Å². The molecule has 0 radical (unpaired) electrons. The Hall–Kier alpha value is -3.19. The van der Waals surface area contributed by atoms with Crippen molar-refractivity contribution < 1.29 is 23.9 Å². The summed E-state index contributed by atoms with van der Waals surface area (Å²) in [7, 11) is 1.19. The minimum atomic E-state index is -1.89. The molecule has 1 aromatic carbocycles. The standard InChI is InChI=1S/C23H24N2O5/c1-14(7-8-15-10-12-25-18(24)13-15)9-11-22-19(26)16-5-3-4-6-17(16)20(27)23(22,30-22)21(28)29-2/h3-6,9-10,13,25H,7-8,11-12,24H2,1-2H3/b14-9+/t22-,23-/m0/s1. The molecule has 3 N–H and O–H groups in total. The van der Waals surface area contributed by atoms with Gasteiger partial charge in [0.15, 0.2) is 11.4 Å². The van der Waals surface area contributed by atoms with Crippen LogP contribution in [0.25, 0.3) is 0 Å². The molecule has 1 fully saturated rings. The molecule has 0 bridgehead atoms. The number of hydrogen-bond donors (Lipinski definition) is 2. The van der Waals surface area contributed by atoms with Gasteiger partial charge in [-0.05, 0) is 31.4 Å². The second kappa shape index (κ2) is 7.25. The van der Waals surface area contributed by atoms with Gasteiger partial charge in [-0.3, -0.25) is 9.59 Å². The van der Waals surface area contributed by atoms with E-state index in [9.17, 15) is 14.4 Å². The number of dihydropyridines is 1. The number of ether oxygens (including phenoxy) is 2. The van der Waals surface area contributed by atoms with E-state index in [4.69, 9.17) is 15.2 Å². The van der Waals surface area contributed by atoms with Gasteiger partial charge in [-0.1, -0.05) is 42.0 Å². The first-order chi connectivity index (χ1) is 14.4. The highest BCUT2D eigenvalue weighted by molar-refractivity contribution is 6.32. The van der Waals surface area contributed by atoms with Crippen LogP contribution in [0.15, 0.2) is 59.5 Å². The van der Waals surface area contributed by atoms with Crippen molar-refractivity contribution in [2.75, 3.05) is 13.7 Å². The van der Waals surface area contributed by atoms with Crippen molar-refractivity contribution in [2.45, 2.75) is 37.4 Å². The summed E-state index contributed by atoms with van der Waals surface area (Å²) in [6, 6.07) is 6.49. The van der Waals surface area contributed by atoms with Crippen LogP contribution >= 0.6 is 0 Å². The van der Waals surface area contributed by atoms with Crippen LogP contribution in [0.3, 0.4) is 0 Å². The van der Waals surface area contributed by atoms with Gasteiger partial charge in [-0.15, -0.1) is 0 Å². The first kappa shape index (κ1) is 20.1. The third-order valence-corrected chi connectivity index (χ3v) is 5.99. The SMILES string of the molecule is COC(=O)[C@]12O[C@@]1(C/C=C(\C)CCC1=CCNC(N)=C1)C(=O)c1ccccc1C2=O. The minimum absolute atomic E-state index is 0.130. The molecule has 156 valence electrons. The van der Waals surface area contributed by atoms with E-state index in [1.54, 1.807) is 24.3 Å². The Morgan fingerprint density at radius 1 is 1.27 bits per heavy atom. The minimum Gasteiger partial charge on any atom is -0.466 e. The van der Waals surface area contributed by atoms with E-state index in [-0.39, 0.29) is 23.3 Å². The zero-order valence-corrected chi connectivity index (χ0v) is 17.0. The maximum Gasteiger partial charge on any atom is 0.350 e. The van der Waals surface area contributed by atoms with Gasteiger partial charge in [0.2, 0.25) is 5.78 Å². The third kappa shape index (κ3) is 2.89. The number of esters is 1. The molecular weight excluding hydrogens is 384 g/mol. The number of Topliss-reactive ketones (excluding diaryl/α,β-unsaturated/α-hetero) is 2. The first-order valence-corrected chi connectivity index (χ1v) is 9.88. The smallest absolute Gasteiger partial charge is 0.350 e. The Morgan fingerprint density at radius 3 is 2.63 bits per heavy atom. The van der Waals surface area contributed by atoms with E-state index >= 15 is 0 Å². The molecule has 1 saturated heterocycles. The number of carbonyl (C=O) groups is 3. The van der Waals surface area contributed by atoms with Gasteiger partial charge < -0.3 is 20.5 Å². The molecule has 1 aromatic rings. The summed E-state index contributed by atoms with van der Waals surface area (Å²) in [6.07, 6.45) is 7.55. The number of epoxide rings is 1. The molecule has 2 heterocycles. The normalized spacial score (nSPS) is 27.3. The fourth-order valence-corrected chi connectivity index (χ4v) is 4.22. The van der Waals surface area contributed by atoms with Crippen molar-refractivity contribution in [3.63, 3.8) is 0 Å². The highest BCUT2D eigenvalue weighted by Crippen LogP contribution is 2.58. The Morgan fingerprint density at radius 2 is 1.97 bits per heavy atom. The van der Waals surface area contributed by atoms with Crippen LogP contribution < -0.4 is 11.1 Å². The average molecular weight is 408 g/mol. The second-order valence-corrected chi connectivity index (χ2v) is 7.82. The molecule has 0 aromatic heterocycles. The van der Waals surface area contributed by atoms with Crippen LogP contribution in [0.2, 0.25) is 0 Å². The number of carbonyl (C=O) groups excluding carboxylic acids is 3. The lowest BCUT2D eigenvalue weighted by Gasteiger charge is -2.22. The molecular formula is C23H24N2O5. The van der Waals surface area contributed by atoms with Crippen molar-refractivity contribution in [2.24, 2.45) is 5.73 Å². The topological polar surface area (TPSA) is 111 Å². The molecule has 3 aliphatic rings. The largest absolute Gasteiger partial charge is 0.466 e. The van der Waals surface area contributed by atoms with E-state index in [2.05, 4.69) is 11.4 Å². The molecule has 0 saturated carbocycles. The van der Waals surface area contributed by atoms with E-state index in [0.717, 1.165) is 24.0 Å². The molecule has 30 heavy (non-hydrogen) atoms. The summed E-state index contributed by atoms with van der Waals surface area (Å²) in [6.45, 7) is 2.66. The van der Waals surface area contributed by atoms with Crippen LogP contribution in [0.1, 0.15) is 46.9 Å². The Labute approximate surface area is 174 Å². The van der Waals surface area contributed by atoms with Gasteiger partial charge >= 0.3 is 5.97 Å². The fourth-order valence-electron chi connectivity index (χ4n) is 4.22. The first-order valence-electron chi connectivity index (χ1n) is 9.88. The van der Waals surface area contributed by atoms with Crippen LogP contribution in [-0.4, -0.2) is 42.4 Å². The van der Waals surface area contributed by atoms with Crippen molar-refractivity contribution in [3.8, 4) is 0 Å². The molecule has 2 aliphatic heterocycles. The van der Waals surface area contributed by atoms with E-state index in [1.807, 2.05) is 19.1 Å². The Balaban J connectivity index is 1.57. The van der Waals surface area contributed by atoms with Crippen LogP contribution in [0.4, 0.5) is 0 Å². The lowest BCUT2D eigenvalue weighted by atomic mass is 9.72. The maximum atomic E-state index is 13.3. The van der Waals surface area contributed by atoms with Gasteiger partial charge in [-0.2, -0.15) is 0 Å². The van der Waals surface area contributed by atoms with Crippen molar-refractivity contribution >= 4 is 17.5 Å². The van der Waals surface area contributed by atoms with E-state index in [1.165, 1.54) is 7.11 Å². The van der Waals surface area contributed by atoms with E-state index < -0.39 is 23.0 Å². The monoisotopic (exact) mass is 408 g/mol. The number of rotatable bonds is 6. The summed E-state index contributed by atoms with van der Waals surface area (Å²) >= 11 is 0. The van der Waals surface area contributed by atoms with Crippen molar-refractivity contribution in [3.05, 3.63) is 70.6 Å². The summed E-state index contributed by atoms with van der Waals surface area (Å²) in [5.41, 5.74) is 5.03. The molecule has 2 atom stereocenters. The number of ketones is 2. The number of nitrogens with two attached hydrogens (primary N) is 1. The molecule has 7 nitrogen and oxygen atoms in total. The Bertz CT molecular complexity index is 1040. The predicted octanol–water partition coefficient (Wildman–Crippen LogP) is 2.19. The summed E-state index contributed by atoms with van der Waals surface area (Å²) in [4.78, 5) is 38.9. The highest BCUT2D eigenvalue weighted by atomic mass is 16.7. The zero-order chi connectivity index (χ0) is 21.5. The van der Waals surface area contributed by atoms with Gasteiger partial charge in [-0.25, -0.2) is 4.79 Å². The molecule has 1 aliphatic carbocycles. The number of benzene rings is 1. The molecule has 0 amide bonds. The van der Waals surface area contributed by atoms with Crippen LogP contribution in [-0.2, 0) is 14.3 Å². The quantitative estimate of drug-likeness (QED) is 0.321. The lowest BCUT2D eigenvalue weighted by Crippen LogP contribution is -2.50. The van der Waals surface area contributed by atoms with Crippen LogP contribution in [0.5, 0.6) is 0 Å². The Kier molecular flexibility index (Phi) is 4.86. The van der Waals surface area contributed by atoms with E-state index in [0.29, 0.717) is 12.4 Å². The number of allylic oxidation sites excluding steroid dienone is 3. The summed E-state index contributed by atoms with van der Waals surface area (Å²) < 4.78 is 10.6. The molecule has 0 spiro atoms. The average Bonchev–Trinajstić information content (AvgIpc) is 3.46. The van der Waals surface area contributed by atoms with Crippen molar-refractivity contribution in [1.82, 2.24) is 5.32 Å². The third-order valence-electron chi connectivity index (χ3n) is 5.99. The number of hydrogen-bond acceptors (Lipinski definition) is 7. The molecule has 0 unspecified atom stereocenters. The summed E-state index contributed by atoms with van der Waals surface area (Å²) in [5.74, 6) is -1.06. The van der Waals surface area contributed by atoms with Gasteiger partial charge in [0.05, 0.1) is 12.9 Å². The van der Waals surface area contributed by atoms with Gasteiger partial charge in [0.1, 0.15) is 0 Å². The van der Waals surface area contributed by atoms with Gasteiger partial charge in [0.25, 0.3) is 5.60 Å². The zero-order valence-electron chi connectivity index (χ0n) is 17.0. The lowest BCUT2D eigenvalue weighted by molar-refractivity contribution is -0.145. The number of nitrogens with one attached hydrogen (secondary N) is 1. The van der Waals surface area contributed by atoms with Crippen molar-refractivity contribution in [1.29, 1.82) is 0 Å². The fraction of sp³-hybridized carbons (Fsp3) is 0.348. The van der Waals surface area contributed by atoms with Crippen LogP contribution in [0, 0.1) is 0 Å². The second-order valence-electron chi connectivity index (χ2n) is 7.82.